The number of methoxy groups -OCH3 is 1. The normalized spacial score (nSPS) is 26.5. The van der Waals surface area contributed by atoms with E-state index >= 15 is 0 Å². The van der Waals surface area contributed by atoms with Gasteiger partial charge in [-0.1, -0.05) is 49.6 Å². The van der Waals surface area contributed by atoms with Crippen molar-refractivity contribution in [3.63, 3.8) is 0 Å². The summed E-state index contributed by atoms with van der Waals surface area (Å²) in [5.41, 5.74) is 7.29. The standard InChI is InChI=1S/C24H33N3O5/c1-31-23(29)18-14-27(24(30)32-15-16-8-4-2-5-9-16)19-12-13-26(21(18)19)22(28)20(25)17-10-6-3-7-11-17/h2,4-5,8-9,17-21H,3,6-7,10-15,25H2,1H3/t18-,19+,20-,21+/m0/s1. The summed E-state index contributed by atoms with van der Waals surface area (Å²) in [5.74, 6) is -0.943. The molecule has 2 heterocycles. The van der Waals surface area contributed by atoms with Crippen molar-refractivity contribution in [3.05, 3.63) is 35.9 Å². The Kier molecular flexibility index (Phi) is 6.98. The molecule has 2 N–H and O–H groups in total. The Morgan fingerprint density at radius 1 is 1.06 bits per heavy atom. The fourth-order valence-electron chi connectivity index (χ4n) is 5.60. The van der Waals surface area contributed by atoms with Gasteiger partial charge in [0.2, 0.25) is 5.91 Å². The van der Waals surface area contributed by atoms with Gasteiger partial charge in [0.1, 0.15) is 6.61 Å². The minimum absolute atomic E-state index is 0.113. The van der Waals surface area contributed by atoms with Gasteiger partial charge in [-0.05, 0) is 30.7 Å². The minimum Gasteiger partial charge on any atom is -0.469 e. The first-order valence-corrected chi connectivity index (χ1v) is 11.6. The maximum atomic E-state index is 13.3. The molecular weight excluding hydrogens is 410 g/mol. The number of rotatable bonds is 5. The molecule has 1 aromatic carbocycles. The Balaban J connectivity index is 1.47. The lowest BCUT2D eigenvalue weighted by Crippen LogP contribution is -2.53. The number of carbonyl (C=O) groups excluding carboxylic acids is 3. The second-order valence-corrected chi connectivity index (χ2v) is 9.12. The quantitative estimate of drug-likeness (QED) is 0.701. The lowest BCUT2D eigenvalue weighted by Gasteiger charge is -2.33. The number of hydrogen-bond acceptors (Lipinski definition) is 6. The first-order valence-electron chi connectivity index (χ1n) is 11.6. The van der Waals surface area contributed by atoms with E-state index in [0.29, 0.717) is 13.0 Å². The van der Waals surface area contributed by atoms with Crippen LogP contribution in [0.15, 0.2) is 30.3 Å². The fraction of sp³-hybridized carbons (Fsp3) is 0.625. The molecular formula is C24H33N3O5. The number of esters is 1. The average molecular weight is 444 g/mol. The smallest absolute Gasteiger partial charge is 0.410 e. The largest absolute Gasteiger partial charge is 0.469 e. The molecule has 32 heavy (non-hydrogen) atoms. The molecule has 0 aromatic heterocycles. The molecule has 1 saturated carbocycles. The lowest BCUT2D eigenvalue weighted by atomic mass is 9.83. The summed E-state index contributed by atoms with van der Waals surface area (Å²) in [6, 6.07) is 8.20. The number of likely N-dealkylation sites (tertiary alicyclic amines) is 2. The second kappa shape index (κ2) is 9.90. The van der Waals surface area contributed by atoms with Gasteiger partial charge in [0.25, 0.3) is 0 Å². The van der Waals surface area contributed by atoms with Gasteiger partial charge in [-0.2, -0.15) is 0 Å². The molecule has 1 aliphatic carbocycles. The topological polar surface area (TPSA) is 102 Å². The van der Waals surface area contributed by atoms with Crippen molar-refractivity contribution >= 4 is 18.0 Å². The monoisotopic (exact) mass is 443 g/mol. The molecule has 3 fully saturated rings. The lowest BCUT2D eigenvalue weighted by molar-refractivity contribution is -0.148. The summed E-state index contributed by atoms with van der Waals surface area (Å²) in [6.07, 6.45) is 5.45. The van der Waals surface area contributed by atoms with E-state index in [4.69, 9.17) is 15.2 Å². The van der Waals surface area contributed by atoms with Crippen LogP contribution >= 0.6 is 0 Å². The number of nitrogens with two attached hydrogens (primary N) is 1. The third-order valence-corrected chi connectivity index (χ3v) is 7.30. The summed E-state index contributed by atoms with van der Waals surface area (Å²) in [4.78, 5) is 42.1. The van der Waals surface area contributed by atoms with Crippen molar-refractivity contribution in [2.75, 3.05) is 20.2 Å². The van der Waals surface area contributed by atoms with E-state index < -0.39 is 30.1 Å². The molecule has 174 valence electrons. The van der Waals surface area contributed by atoms with E-state index in [1.165, 1.54) is 13.5 Å². The van der Waals surface area contributed by atoms with E-state index in [2.05, 4.69) is 0 Å². The van der Waals surface area contributed by atoms with Crippen LogP contribution in [0.25, 0.3) is 0 Å². The molecule has 0 bridgehead atoms. The van der Waals surface area contributed by atoms with Crippen molar-refractivity contribution in [2.24, 2.45) is 17.6 Å². The molecule has 2 amide bonds. The molecule has 4 atom stereocenters. The number of ether oxygens (including phenoxy) is 2. The number of hydrogen-bond donors (Lipinski definition) is 1. The van der Waals surface area contributed by atoms with E-state index in [-0.39, 0.29) is 31.0 Å². The zero-order chi connectivity index (χ0) is 22.7. The fourth-order valence-corrected chi connectivity index (χ4v) is 5.60. The average Bonchev–Trinajstić information content (AvgIpc) is 3.43. The van der Waals surface area contributed by atoms with Crippen molar-refractivity contribution in [3.8, 4) is 0 Å². The molecule has 4 rings (SSSR count). The summed E-state index contributed by atoms with van der Waals surface area (Å²) in [7, 11) is 1.34. The van der Waals surface area contributed by atoms with E-state index in [1.54, 1.807) is 9.80 Å². The molecule has 0 radical (unpaired) electrons. The number of nitrogens with zero attached hydrogens (tertiary/aromatic N) is 2. The van der Waals surface area contributed by atoms with Gasteiger partial charge in [-0.3, -0.25) is 9.59 Å². The zero-order valence-electron chi connectivity index (χ0n) is 18.7. The Morgan fingerprint density at radius 2 is 1.78 bits per heavy atom. The first-order chi connectivity index (χ1) is 15.5. The number of fused-ring (bicyclic) bond motifs is 1. The van der Waals surface area contributed by atoms with Crippen LogP contribution in [0, 0.1) is 11.8 Å². The van der Waals surface area contributed by atoms with Gasteiger partial charge >= 0.3 is 12.1 Å². The van der Waals surface area contributed by atoms with Gasteiger partial charge in [0.15, 0.2) is 0 Å². The molecule has 2 aliphatic heterocycles. The maximum Gasteiger partial charge on any atom is 0.410 e. The molecule has 0 unspecified atom stereocenters. The van der Waals surface area contributed by atoms with Crippen LogP contribution in [0.5, 0.6) is 0 Å². The highest BCUT2D eigenvalue weighted by atomic mass is 16.6. The van der Waals surface area contributed by atoms with Crippen LogP contribution in [0.1, 0.15) is 44.1 Å². The number of benzene rings is 1. The van der Waals surface area contributed by atoms with Gasteiger partial charge in [0, 0.05) is 13.1 Å². The summed E-state index contributed by atoms with van der Waals surface area (Å²) < 4.78 is 10.5. The molecule has 2 saturated heterocycles. The van der Waals surface area contributed by atoms with Gasteiger partial charge in [0.05, 0.1) is 31.2 Å². The maximum absolute atomic E-state index is 13.3. The van der Waals surface area contributed by atoms with Crippen LogP contribution in [0.2, 0.25) is 0 Å². The van der Waals surface area contributed by atoms with Gasteiger partial charge < -0.3 is 25.0 Å². The Bertz CT molecular complexity index is 826. The number of carbonyl (C=O) groups is 3. The Hall–Kier alpha value is -2.61. The van der Waals surface area contributed by atoms with Crippen LogP contribution in [-0.2, 0) is 25.7 Å². The third-order valence-electron chi connectivity index (χ3n) is 7.30. The van der Waals surface area contributed by atoms with Crippen LogP contribution < -0.4 is 5.73 Å². The number of amides is 2. The predicted octanol–water partition coefficient (Wildman–Crippen LogP) is 2.31. The van der Waals surface area contributed by atoms with Crippen LogP contribution in [0.3, 0.4) is 0 Å². The summed E-state index contributed by atoms with van der Waals surface area (Å²) >= 11 is 0. The SMILES string of the molecule is COC(=O)[C@H]1CN(C(=O)OCc2ccccc2)[C@@H]2CCN(C(=O)[C@@H](N)C3CCCCC3)[C@H]12. The van der Waals surface area contributed by atoms with Crippen molar-refractivity contribution in [1.29, 1.82) is 0 Å². The predicted molar refractivity (Wildman–Crippen MR) is 117 cm³/mol. The van der Waals surface area contributed by atoms with Crippen LogP contribution in [0.4, 0.5) is 4.79 Å². The van der Waals surface area contributed by atoms with Crippen molar-refractivity contribution in [2.45, 2.75) is 63.3 Å². The van der Waals surface area contributed by atoms with Crippen molar-refractivity contribution < 1.29 is 23.9 Å². The molecule has 3 aliphatic rings. The Morgan fingerprint density at radius 3 is 2.47 bits per heavy atom. The summed E-state index contributed by atoms with van der Waals surface area (Å²) in [5, 5.41) is 0. The summed E-state index contributed by atoms with van der Waals surface area (Å²) in [6.45, 7) is 0.814. The van der Waals surface area contributed by atoms with E-state index in [1.807, 2.05) is 30.3 Å². The Labute approximate surface area is 189 Å². The molecule has 1 aromatic rings. The third kappa shape index (κ3) is 4.46. The highest BCUT2D eigenvalue weighted by Gasteiger charge is 2.55. The highest BCUT2D eigenvalue weighted by molar-refractivity contribution is 5.85. The van der Waals surface area contributed by atoms with Crippen molar-refractivity contribution in [1.82, 2.24) is 9.80 Å². The van der Waals surface area contributed by atoms with Gasteiger partial charge in [-0.25, -0.2) is 4.79 Å². The molecule has 8 heteroatoms. The molecule has 8 nitrogen and oxygen atoms in total. The minimum atomic E-state index is -0.598. The second-order valence-electron chi connectivity index (χ2n) is 9.12. The zero-order valence-corrected chi connectivity index (χ0v) is 18.7. The van der Waals surface area contributed by atoms with Gasteiger partial charge in [-0.15, -0.1) is 0 Å². The highest BCUT2D eigenvalue weighted by Crippen LogP contribution is 2.38. The van der Waals surface area contributed by atoms with Crippen LogP contribution in [-0.4, -0.2) is 66.1 Å². The first kappa shape index (κ1) is 22.6. The van der Waals surface area contributed by atoms with E-state index in [9.17, 15) is 14.4 Å². The molecule has 0 spiro atoms. The van der Waals surface area contributed by atoms with E-state index in [0.717, 1.165) is 31.2 Å².